The summed E-state index contributed by atoms with van der Waals surface area (Å²) in [6.07, 6.45) is 2.34. The van der Waals surface area contributed by atoms with Crippen LogP contribution in [0.25, 0.3) is 0 Å². The zero-order valence-electron chi connectivity index (χ0n) is 9.96. The minimum absolute atomic E-state index is 0.182. The van der Waals surface area contributed by atoms with Crippen LogP contribution in [0.4, 0.5) is 0 Å². The minimum Gasteiger partial charge on any atom is -0.344 e. The van der Waals surface area contributed by atoms with E-state index < -0.39 is 5.54 Å². The van der Waals surface area contributed by atoms with E-state index in [1.807, 2.05) is 6.92 Å². The van der Waals surface area contributed by atoms with Crippen LogP contribution in [0.1, 0.15) is 29.4 Å². The fourth-order valence-electron chi connectivity index (χ4n) is 1.41. The number of hydrogen-bond donors (Lipinski definition) is 1. The molecule has 0 bridgehead atoms. The Hall–Kier alpha value is -0.800. The molecule has 94 valence electrons. The molecule has 0 unspecified atom stereocenters. The highest BCUT2D eigenvalue weighted by atomic mass is 35.5. The average molecular weight is 275 g/mol. The van der Waals surface area contributed by atoms with Crippen molar-refractivity contribution in [3.8, 4) is 0 Å². The average Bonchev–Trinajstić information content (AvgIpc) is 2.36. The second kappa shape index (κ2) is 6.22. The molecule has 0 saturated heterocycles. The van der Waals surface area contributed by atoms with Crippen LogP contribution >= 0.6 is 23.2 Å². The molecule has 0 fully saturated rings. The number of nitrogens with zero attached hydrogens (tertiary/aromatic N) is 1. The lowest BCUT2D eigenvalue weighted by Crippen LogP contribution is -2.51. The zero-order chi connectivity index (χ0) is 12.9. The number of halogens is 2. The molecular weight excluding hydrogens is 259 g/mol. The molecule has 1 aromatic rings. The van der Waals surface area contributed by atoms with Gasteiger partial charge in [0, 0.05) is 23.7 Å². The van der Waals surface area contributed by atoms with Crippen molar-refractivity contribution in [2.45, 2.75) is 25.8 Å². The standard InChI is InChI=1S/C12H16Cl2N2O/c1-3-12(7-13,8-14)16-11(17)10-5-4-6-15-9(10)2/h4-6H,3,7-8H2,1-2H3,(H,16,17). The number of alkyl halides is 2. The first kappa shape index (κ1) is 14.3. The second-order valence-corrected chi connectivity index (χ2v) is 4.53. The van der Waals surface area contributed by atoms with Gasteiger partial charge in [-0.15, -0.1) is 23.2 Å². The van der Waals surface area contributed by atoms with Crippen LogP contribution in [-0.2, 0) is 0 Å². The molecule has 17 heavy (non-hydrogen) atoms. The van der Waals surface area contributed by atoms with E-state index >= 15 is 0 Å². The third-order valence-electron chi connectivity index (χ3n) is 2.82. The zero-order valence-corrected chi connectivity index (χ0v) is 11.5. The number of amides is 1. The number of nitrogens with one attached hydrogen (secondary N) is 1. The fraction of sp³-hybridized carbons (Fsp3) is 0.500. The number of carbonyl (C=O) groups excluding carboxylic acids is 1. The number of carbonyl (C=O) groups is 1. The third kappa shape index (κ3) is 3.33. The second-order valence-electron chi connectivity index (χ2n) is 3.99. The summed E-state index contributed by atoms with van der Waals surface area (Å²) in [5.41, 5.74) is 0.697. The van der Waals surface area contributed by atoms with Crippen molar-refractivity contribution in [2.75, 3.05) is 11.8 Å². The first-order chi connectivity index (χ1) is 8.08. The normalized spacial score (nSPS) is 11.3. The van der Waals surface area contributed by atoms with Gasteiger partial charge in [0.1, 0.15) is 0 Å². The lowest BCUT2D eigenvalue weighted by atomic mass is 10.0. The highest BCUT2D eigenvalue weighted by Crippen LogP contribution is 2.16. The maximum atomic E-state index is 12.1. The summed E-state index contributed by atoms with van der Waals surface area (Å²) < 4.78 is 0. The van der Waals surface area contributed by atoms with E-state index in [0.29, 0.717) is 17.7 Å². The summed E-state index contributed by atoms with van der Waals surface area (Å²) in [6, 6.07) is 3.47. The van der Waals surface area contributed by atoms with Gasteiger partial charge in [-0.2, -0.15) is 0 Å². The Balaban J connectivity index is 2.89. The minimum atomic E-state index is -0.553. The molecule has 0 aliphatic rings. The molecule has 1 heterocycles. The summed E-state index contributed by atoms with van der Waals surface area (Å²) in [7, 11) is 0. The predicted molar refractivity (Wildman–Crippen MR) is 70.9 cm³/mol. The molecule has 1 N–H and O–H groups in total. The van der Waals surface area contributed by atoms with Gasteiger partial charge in [0.15, 0.2) is 0 Å². The largest absolute Gasteiger partial charge is 0.344 e. The van der Waals surface area contributed by atoms with E-state index in [9.17, 15) is 4.79 Å². The van der Waals surface area contributed by atoms with Gasteiger partial charge in [-0.1, -0.05) is 6.92 Å². The number of aromatic nitrogens is 1. The molecule has 0 radical (unpaired) electrons. The maximum Gasteiger partial charge on any atom is 0.253 e. The van der Waals surface area contributed by atoms with E-state index in [1.54, 1.807) is 25.3 Å². The van der Waals surface area contributed by atoms with E-state index in [2.05, 4.69) is 10.3 Å². The van der Waals surface area contributed by atoms with Crippen molar-refractivity contribution < 1.29 is 4.79 Å². The topological polar surface area (TPSA) is 42.0 Å². The van der Waals surface area contributed by atoms with Crippen LogP contribution in [-0.4, -0.2) is 28.2 Å². The van der Waals surface area contributed by atoms with Crippen molar-refractivity contribution in [3.63, 3.8) is 0 Å². The first-order valence-electron chi connectivity index (χ1n) is 5.44. The molecule has 0 aromatic carbocycles. The Kier molecular flexibility index (Phi) is 5.22. The van der Waals surface area contributed by atoms with E-state index in [-0.39, 0.29) is 17.7 Å². The van der Waals surface area contributed by atoms with Crippen LogP contribution in [0.2, 0.25) is 0 Å². The van der Waals surface area contributed by atoms with Crippen molar-refractivity contribution in [2.24, 2.45) is 0 Å². The molecule has 0 atom stereocenters. The summed E-state index contributed by atoms with van der Waals surface area (Å²) in [6.45, 7) is 3.74. The van der Waals surface area contributed by atoms with E-state index in [4.69, 9.17) is 23.2 Å². The molecule has 0 aliphatic heterocycles. The van der Waals surface area contributed by atoms with E-state index in [1.165, 1.54) is 0 Å². The smallest absolute Gasteiger partial charge is 0.253 e. The van der Waals surface area contributed by atoms with Gasteiger partial charge in [-0.25, -0.2) is 0 Å². The van der Waals surface area contributed by atoms with Gasteiger partial charge in [-0.3, -0.25) is 9.78 Å². The quantitative estimate of drug-likeness (QED) is 0.839. The van der Waals surface area contributed by atoms with Gasteiger partial charge >= 0.3 is 0 Å². The Morgan fingerprint density at radius 3 is 2.59 bits per heavy atom. The van der Waals surface area contributed by atoms with Crippen LogP contribution < -0.4 is 5.32 Å². The molecule has 1 amide bonds. The summed E-state index contributed by atoms with van der Waals surface area (Å²) in [4.78, 5) is 16.2. The van der Waals surface area contributed by atoms with Gasteiger partial charge in [-0.05, 0) is 25.5 Å². The molecule has 3 nitrogen and oxygen atoms in total. The molecular formula is C12H16Cl2N2O. The maximum absolute atomic E-state index is 12.1. The monoisotopic (exact) mass is 274 g/mol. The first-order valence-corrected chi connectivity index (χ1v) is 6.51. The Bertz CT molecular complexity index is 384. The van der Waals surface area contributed by atoms with Crippen molar-refractivity contribution in [1.82, 2.24) is 10.3 Å². The summed E-state index contributed by atoms with van der Waals surface area (Å²) in [5, 5.41) is 2.89. The lowest BCUT2D eigenvalue weighted by molar-refractivity contribution is 0.0912. The summed E-state index contributed by atoms with van der Waals surface area (Å²) >= 11 is 11.8. The fourth-order valence-corrected chi connectivity index (χ4v) is 2.21. The van der Waals surface area contributed by atoms with E-state index in [0.717, 1.165) is 0 Å². The Morgan fingerprint density at radius 1 is 1.47 bits per heavy atom. The summed E-state index contributed by atoms with van der Waals surface area (Å²) in [5.74, 6) is 0.398. The highest BCUT2D eigenvalue weighted by molar-refractivity contribution is 6.22. The molecule has 0 saturated carbocycles. The highest BCUT2D eigenvalue weighted by Gasteiger charge is 2.29. The van der Waals surface area contributed by atoms with Crippen LogP contribution in [0.15, 0.2) is 18.3 Å². The Morgan fingerprint density at radius 2 is 2.12 bits per heavy atom. The number of aryl methyl sites for hydroxylation is 1. The number of rotatable bonds is 5. The number of pyridine rings is 1. The molecule has 0 aliphatic carbocycles. The third-order valence-corrected chi connectivity index (χ3v) is 3.84. The van der Waals surface area contributed by atoms with Crippen LogP contribution in [0.5, 0.6) is 0 Å². The molecule has 5 heteroatoms. The van der Waals surface area contributed by atoms with Gasteiger partial charge < -0.3 is 5.32 Å². The van der Waals surface area contributed by atoms with Crippen molar-refractivity contribution in [1.29, 1.82) is 0 Å². The van der Waals surface area contributed by atoms with Gasteiger partial charge in [0.2, 0.25) is 0 Å². The Labute approximate surface area is 112 Å². The van der Waals surface area contributed by atoms with Gasteiger partial charge in [0.05, 0.1) is 11.1 Å². The lowest BCUT2D eigenvalue weighted by Gasteiger charge is -2.29. The number of hydrogen-bond acceptors (Lipinski definition) is 2. The SMILES string of the molecule is CCC(CCl)(CCl)NC(=O)c1cccnc1C. The molecule has 1 rings (SSSR count). The van der Waals surface area contributed by atoms with Crippen molar-refractivity contribution >= 4 is 29.1 Å². The molecule has 1 aromatic heterocycles. The van der Waals surface area contributed by atoms with Crippen molar-refractivity contribution in [3.05, 3.63) is 29.6 Å². The van der Waals surface area contributed by atoms with Crippen LogP contribution in [0, 0.1) is 6.92 Å². The molecule has 0 spiro atoms. The van der Waals surface area contributed by atoms with Gasteiger partial charge in [0.25, 0.3) is 5.91 Å². The predicted octanol–water partition coefficient (Wildman–Crippen LogP) is 2.75. The van der Waals surface area contributed by atoms with Crippen LogP contribution in [0.3, 0.4) is 0 Å².